The fraction of sp³-hybridized carbons (Fsp3) is 0.450. The van der Waals surface area contributed by atoms with E-state index in [0.717, 1.165) is 37.0 Å². The Hall–Kier alpha value is -2.70. The molecule has 12 heteroatoms. The lowest BCUT2D eigenvalue weighted by Gasteiger charge is -2.51. The molecule has 3 rings (SSSR count). The first-order chi connectivity index (χ1) is 15.4. The zero-order chi connectivity index (χ0) is 23.3. The van der Waals surface area contributed by atoms with E-state index in [1.165, 1.54) is 24.0 Å². The number of carbonyl (C=O) groups excluding carboxylic acids is 2. The predicted octanol–water partition coefficient (Wildman–Crippen LogP) is 2.05. The Labute approximate surface area is 193 Å². The van der Waals surface area contributed by atoms with Crippen molar-refractivity contribution in [3.05, 3.63) is 35.6 Å². The number of thioether (sulfide) groups is 1. The van der Waals surface area contributed by atoms with Gasteiger partial charge in [-0.05, 0) is 25.5 Å². The Kier molecular flexibility index (Phi) is 7.69. The van der Waals surface area contributed by atoms with Crippen LogP contribution in [-0.2, 0) is 19.2 Å². The normalized spacial score (nSPS) is 24.7. The van der Waals surface area contributed by atoms with Gasteiger partial charge in [0.2, 0.25) is 11.7 Å². The number of quaternary nitrogens is 1. The third-order valence-corrected chi connectivity index (χ3v) is 7.26. The van der Waals surface area contributed by atoms with Crippen LogP contribution in [0, 0.1) is 0 Å². The van der Waals surface area contributed by atoms with Crippen LogP contribution >= 0.6 is 23.1 Å². The van der Waals surface area contributed by atoms with Crippen molar-refractivity contribution in [1.29, 1.82) is 0 Å². The van der Waals surface area contributed by atoms with E-state index in [1.807, 2.05) is 0 Å². The molecule has 0 spiro atoms. The van der Waals surface area contributed by atoms with Crippen LogP contribution < -0.4 is 11.1 Å². The molecule has 0 aromatic carbocycles. The average molecular weight is 481 g/mol. The van der Waals surface area contributed by atoms with Crippen molar-refractivity contribution in [2.24, 2.45) is 5.16 Å². The number of carbonyl (C=O) groups is 3. The largest absolute Gasteiger partial charge is 0.474 e. The lowest BCUT2D eigenvalue weighted by atomic mass is 9.99. The van der Waals surface area contributed by atoms with Gasteiger partial charge < -0.3 is 21.0 Å². The topological polar surface area (TPSA) is 144 Å². The number of unbranched alkanes of at least 4 members (excludes halogenated alkanes) is 3. The molecule has 3 atom stereocenters. The number of carboxylic acid groups (broad SMARTS) is 1. The third kappa shape index (κ3) is 4.43. The first-order valence-electron chi connectivity index (χ1n) is 10.2. The first-order valence-corrected chi connectivity index (χ1v) is 12.1. The number of carboxylic acids is 1. The quantitative estimate of drug-likeness (QED) is 0.144. The summed E-state index contributed by atoms with van der Waals surface area (Å²) < 4.78 is -0.519. The van der Waals surface area contributed by atoms with Gasteiger partial charge >= 0.3 is 11.9 Å². The molecule has 172 valence electrons. The zero-order valence-electron chi connectivity index (χ0n) is 17.7. The molecule has 0 saturated carbocycles. The van der Waals surface area contributed by atoms with Gasteiger partial charge in [-0.25, -0.2) is 14.6 Å². The summed E-state index contributed by atoms with van der Waals surface area (Å²) in [4.78, 5) is 47.1. The Bertz CT molecular complexity index is 975. The van der Waals surface area contributed by atoms with Gasteiger partial charge in [0.25, 0.3) is 5.91 Å². The van der Waals surface area contributed by atoms with Crippen molar-refractivity contribution in [1.82, 2.24) is 10.3 Å². The molecule has 0 bridgehead atoms. The molecule has 2 aliphatic rings. The summed E-state index contributed by atoms with van der Waals surface area (Å²) in [5.74, 6) is -1.90. The van der Waals surface area contributed by atoms with Gasteiger partial charge in [0, 0.05) is 11.1 Å². The van der Waals surface area contributed by atoms with Gasteiger partial charge in [-0.3, -0.25) is 4.79 Å². The van der Waals surface area contributed by atoms with Gasteiger partial charge in [-0.1, -0.05) is 36.7 Å². The Morgan fingerprint density at radius 1 is 1.47 bits per heavy atom. The second kappa shape index (κ2) is 10.3. The fourth-order valence-corrected chi connectivity index (χ4v) is 5.58. The third-order valence-electron chi connectivity index (χ3n) is 5.28. The monoisotopic (exact) mass is 480 g/mol. The highest BCUT2D eigenvalue weighted by atomic mass is 32.2. The number of nitrogens with one attached hydrogen (secondary N) is 1. The number of hydrogen-bond donors (Lipinski definition) is 3. The Morgan fingerprint density at radius 2 is 2.25 bits per heavy atom. The van der Waals surface area contributed by atoms with E-state index in [9.17, 15) is 19.5 Å². The maximum atomic E-state index is 13.0. The molecule has 0 aliphatic carbocycles. The smallest absolute Gasteiger partial charge is 0.391 e. The summed E-state index contributed by atoms with van der Waals surface area (Å²) in [6.07, 6.45) is 6.77. The molecule has 2 amide bonds. The molecule has 10 nitrogen and oxygen atoms in total. The Morgan fingerprint density at radius 3 is 2.88 bits per heavy atom. The maximum absolute atomic E-state index is 13.0. The SMILES string of the molecule is C=C[N+]12C(=O)C(NC(=O)C(=NOCCCCCC)c3csc(N)n3)[C@@H]1SCC=C2C(=O)O. The number of nitrogen functional groups attached to an aromatic ring is 1. The molecule has 4 N–H and O–H groups in total. The van der Waals surface area contributed by atoms with E-state index in [1.54, 1.807) is 5.38 Å². The van der Waals surface area contributed by atoms with Gasteiger partial charge in [0.15, 0.2) is 16.2 Å². The van der Waals surface area contributed by atoms with Crippen LogP contribution in [0.4, 0.5) is 5.13 Å². The van der Waals surface area contributed by atoms with Crippen LogP contribution in [0.15, 0.2) is 35.1 Å². The van der Waals surface area contributed by atoms with Crippen molar-refractivity contribution in [2.75, 3.05) is 18.1 Å². The minimum absolute atomic E-state index is 0.0594. The van der Waals surface area contributed by atoms with E-state index < -0.39 is 33.7 Å². The summed E-state index contributed by atoms with van der Waals surface area (Å²) in [5, 5.41) is 17.5. The molecule has 1 aromatic heterocycles. The number of oxime groups is 1. The van der Waals surface area contributed by atoms with Crippen molar-refractivity contribution in [3.8, 4) is 0 Å². The van der Waals surface area contributed by atoms with Crippen molar-refractivity contribution < 1.29 is 28.8 Å². The number of hydrogen-bond acceptors (Lipinski definition) is 9. The first kappa shape index (κ1) is 24.0. The summed E-state index contributed by atoms with van der Waals surface area (Å²) >= 11 is 2.53. The molecule has 0 radical (unpaired) electrons. The van der Waals surface area contributed by atoms with Crippen LogP contribution in [-0.4, -0.2) is 61.8 Å². The maximum Gasteiger partial charge on any atom is 0.391 e. The fourth-order valence-electron chi connectivity index (χ4n) is 3.66. The number of anilines is 1. The summed E-state index contributed by atoms with van der Waals surface area (Å²) in [6, 6.07) is -0.903. The molecule has 2 unspecified atom stereocenters. The lowest BCUT2D eigenvalue weighted by Crippen LogP contribution is -2.79. The molecular formula is C20H26N5O5S2+. The highest BCUT2D eigenvalue weighted by molar-refractivity contribution is 8.00. The number of aromatic nitrogens is 1. The van der Waals surface area contributed by atoms with Crippen molar-refractivity contribution in [2.45, 2.75) is 44.0 Å². The molecular weight excluding hydrogens is 454 g/mol. The van der Waals surface area contributed by atoms with Crippen LogP contribution in [0.3, 0.4) is 0 Å². The number of rotatable bonds is 11. The summed E-state index contributed by atoms with van der Waals surface area (Å²) in [6.45, 7) is 6.12. The number of aliphatic carboxylic acids is 1. The van der Waals surface area contributed by atoms with Gasteiger partial charge in [-0.15, -0.1) is 11.3 Å². The van der Waals surface area contributed by atoms with Crippen LogP contribution in [0.5, 0.6) is 0 Å². The minimum atomic E-state index is -1.19. The predicted molar refractivity (Wildman–Crippen MR) is 123 cm³/mol. The van der Waals surface area contributed by atoms with Gasteiger partial charge in [0.1, 0.15) is 18.5 Å². The molecule has 32 heavy (non-hydrogen) atoms. The lowest BCUT2D eigenvalue weighted by molar-refractivity contribution is -0.803. The number of nitrogens with zero attached hydrogens (tertiary/aromatic N) is 3. The molecule has 1 saturated heterocycles. The van der Waals surface area contributed by atoms with E-state index in [2.05, 4.69) is 29.0 Å². The van der Waals surface area contributed by atoms with Gasteiger partial charge in [-0.2, -0.15) is 4.48 Å². The molecule has 3 heterocycles. The number of fused-ring (bicyclic) bond motifs is 1. The van der Waals surface area contributed by atoms with Crippen molar-refractivity contribution >= 4 is 51.7 Å². The minimum Gasteiger partial charge on any atom is -0.474 e. The van der Waals surface area contributed by atoms with E-state index in [-0.39, 0.29) is 22.2 Å². The number of thiazole rings is 1. The molecule has 1 aromatic rings. The Balaban J connectivity index is 1.75. The van der Waals surface area contributed by atoms with Gasteiger partial charge in [0.05, 0.1) is 0 Å². The van der Waals surface area contributed by atoms with E-state index in [0.29, 0.717) is 12.4 Å². The van der Waals surface area contributed by atoms with Crippen LogP contribution in [0.2, 0.25) is 0 Å². The van der Waals surface area contributed by atoms with E-state index >= 15 is 0 Å². The second-order valence-corrected chi connectivity index (χ2v) is 9.31. The van der Waals surface area contributed by atoms with Crippen LogP contribution in [0.1, 0.15) is 38.3 Å². The van der Waals surface area contributed by atoms with E-state index in [4.69, 9.17) is 10.6 Å². The summed E-state index contributed by atoms with van der Waals surface area (Å²) in [5.41, 5.74) is 5.80. The summed E-state index contributed by atoms with van der Waals surface area (Å²) in [7, 11) is 0. The number of nitrogens with two attached hydrogens (primary N) is 1. The van der Waals surface area contributed by atoms with Crippen molar-refractivity contribution in [3.63, 3.8) is 0 Å². The standard InChI is InChI=1S/C20H25N5O5S2/c1-3-5-6-7-9-30-24-14(12-11-32-20(21)22-12)16(26)23-15-17(27)25(4-2)13(19(28)29)8-10-31-18(15)25/h4,8,11,15,18H,2-3,5-7,9-10H2,1H3,(H3-,21,22,23,26,28,29)/p+1/t15?,18-,25?/m0/s1. The highest BCUT2D eigenvalue weighted by Gasteiger charge is 2.68. The molecule has 1 fully saturated rings. The second-order valence-electron chi connectivity index (χ2n) is 7.27. The molecule has 2 aliphatic heterocycles. The number of amides is 2. The number of β-lactam (4-membered cyclic amide) rings is 1. The average Bonchev–Trinajstić information content (AvgIpc) is 3.21. The zero-order valence-corrected chi connectivity index (χ0v) is 19.3. The van der Waals surface area contributed by atoms with Crippen LogP contribution in [0.25, 0.3) is 0 Å². The highest BCUT2D eigenvalue weighted by Crippen LogP contribution is 2.46.